The third-order valence-corrected chi connectivity index (χ3v) is 2.05. The Kier molecular flexibility index (Phi) is 3.99. The topological polar surface area (TPSA) is 51.2 Å². The summed E-state index contributed by atoms with van der Waals surface area (Å²) in [5.41, 5.74) is 4.03. The van der Waals surface area contributed by atoms with Crippen LogP contribution in [-0.4, -0.2) is 6.04 Å². The van der Waals surface area contributed by atoms with E-state index >= 15 is 0 Å². The first kappa shape index (κ1) is 10.3. The zero-order chi connectivity index (χ0) is 9.68. The smallest absolute Gasteiger partial charge is 0.0935 e. The summed E-state index contributed by atoms with van der Waals surface area (Å²) in [6, 6.07) is 2.32. The number of hydrazine groups is 1. The minimum absolute atomic E-state index is 0.345. The SMILES string of the molecule is CC(C)CC(Cc1ccoc1)NN. The number of furan rings is 1. The average molecular weight is 182 g/mol. The van der Waals surface area contributed by atoms with Crippen LogP contribution in [0.4, 0.5) is 0 Å². The Morgan fingerprint density at radius 3 is 2.77 bits per heavy atom. The minimum atomic E-state index is 0.345. The summed E-state index contributed by atoms with van der Waals surface area (Å²) in [7, 11) is 0. The number of nitrogens with one attached hydrogen (secondary N) is 1. The van der Waals surface area contributed by atoms with E-state index in [4.69, 9.17) is 10.3 Å². The molecule has 3 N–H and O–H groups in total. The van der Waals surface area contributed by atoms with Gasteiger partial charge >= 0.3 is 0 Å². The van der Waals surface area contributed by atoms with Crippen LogP contribution in [0.5, 0.6) is 0 Å². The predicted octanol–water partition coefficient (Wildman–Crippen LogP) is 1.70. The molecule has 0 aliphatic heterocycles. The molecular formula is C10H18N2O. The van der Waals surface area contributed by atoms with E-state index in [0.717, 1.165) is 12.8 Å². The summed E-state index contributed by atoms with van der Waals surface area (Å²) >= 11 is 0. The van der Waals surface area contributed by atoms with E-state index in [1.807, 2.05) is 6.07 Å². The summed E-state index contributed by atoms with van der Waals surface area (Å²) in [5, 5.41) is 0. The summed E-state index contributed by atoms with van der Waals surface area (Å²) in [6.45, 7) is 4.39. The maximum Gasteiger partial charge on any atom is 0.0935 e. The number of hydrogen-bond acceptors (Lipinski definition) is 3. The lowest BCUT2D eigenvalue weighted by molar-refractivity contribution is 0.421. The van der Waals surface area contributed by atoms with Crippen LogP contribution in [0.3, 0.4) is 0 Å². The molecule has 0 amide bonds. The lowest BCUT2D eigenvalue weighted by Gasteiger charge is -2.16. The zero-order valence-electron chi connectivity index (χ0n) is 8.29. The minimum Gasteiger partial charge on any atom is -0.472 e. The molecule has 1 rings (SSSR count). The molecule has 1 atom stereocenters. The van der Waals surface area contributed by atoms with Crippen molar-refractivity contribution >= 4 is 0 Å². The number of rotatable bonds is 5. The Balaban J connectivity index is 2.40. The van der Waals surface area contributed by atoms with Crippen molar-refractivity contribution in [3.05, 3.63) is 24.2 Å². The molecule has 3 heteroatoms. The average Bonchev–Trinajstić information content (AvgIpc) is 2.55. The summed E-state index contributed by atoms with van der Waals surface area (Å²) < 4.78 is 5.00. The lowest BCUT2D eigenvalue weighted by Crippen LogP contribution is -2.37. The molecule has 0 saturated heterocycles. The van der Waals surface area contributed by atoms with E-state index in [2.05, 4.69) is 19.3 Å². The quantitative estimate of drug-likeness (QED) is 0.538. The van der Waals surface area contributed by atoms with Crippen molar-refractivity contribution in [2.75, 3.05) is 0 Å². The van der Waals surface area contributed by atoms with E-state index in [0.29, 0.717) is 12.0 Å². The summed E-state index contributed by atoms with van der Waals surface area (Å²) in [5.74, 6) is 6.12. The van der Waals surface area contributed by atoms with Crippen LogP contribution in [0.15, 0.2) is 23.0 Å². The van der Waals surface area contributed by atoms with Gasteiger partial charge in [0.1, 0.15) is 0 Å². The molecule has 0 saturated carbocycles. The molecule has 0 aliphatic carbocycles. The van der Waals surface area contributed by atoms with Crippen LogP contribution < -0.4 is 11.3 Å². The van der Waals surface area contributed by atoms with Crippen LogP contribution >= 0.6 is 0 Å². The molecule has 3 nitrogen and oxygen atoms in total. The highest BCUT2D eigenvalue weighted by Crippen LogP contribution is 2.10. The van der Waals surface area contributed by atoms with Gasteiger partial charge in [-0.1, -0.05) is 13.8 Å². The summed E-state index contributed by atoms with van der Waals surface area (Å²) in [6.07, 6.45) is 5.48. The van der Waals surface area contributed by atoms with Gasteiger partial charge in [0.2, 0.25) is 0 Å². The molecular weight excluding hydrogens is 164 g/mol. The third kappa shape index (κ3) is 3.61. The lowest BCUT2D eigenvalue weighted by atomic mass is 9.99. The third-order valence-electron chi connectivity index (χ3n) is 2.05. The van der Waals surface area contributed by atoms with Crippen LogP contribution in [0.25, 0.3) is 0 Å². The second kappa shape index (κ2) is 5.04. The van der Waals surface area contributed by atoms with Crippen molar-refractivity contribution in [2.45, 2.75) is 32.7 Å². The normalized spacial score (nSPS) is 13.5. The van der Waals surface area contributed by atoms with Gasteiger partial charge in [0.05, 0.1) is 12.5 Å². The Labute approximate surface area is 79.3 Å². The summed E-state index contributed by atoms with van der Waals surface area (Å²) in [4.78, 5) is 0. The van der Waals surface area contributed by atoms with Crippen molar-refractivity contribution < 1.29 is 4.42 Å². The Hall–Kier alpha value is -0.800. The first-order valence-electron chi connectivity index (χ1n) is 4.69. The molecule has 1 unspecified atom stereocenters. The van der Waals surface area contributed by atoms with Crippen LogP contribution in [0.1, 0.15) is 25.8 Å². The van der Waals surface area contributed by atoms with E-state index in [1.165, 1.54) is 5.56 Å². The molecule has 1 aromatic heterocycles. The fourth-order valence-corrected chi connectivity index (χ4v) is 1.47. The first-order chi connectivity index (χ1) is 6.22. The van der Waals surface area contributed by atoms with Gasteiger partial charge < -0.3 is 4.42 Å². The van der Waals surface area contributed by atoms with E-state index in [1.54, 1.807) is 12.5 Å². The fraction of sp³-hybridized carbons (Fsp3) is 0.600. The molecule has 0 radical (unpaired) electrons. The van der Waals surface area contributed by atoms with Gasteiger partial charge in [0.25, 0.3) is 0 Å². The maximum absolute atomic E-state index is 5.46. The molecule has 74 valence electrons. The standard InChI is InChI=1S/C10H18N2O/c1-8(2)5-10(12-11)6-9-3-4-13-7-9/h3-4,7-8,10,12H,5-6,11H2,1-2H3. The fourth-order valence-electron chi connectivity index (χ4n) is 1.47. The van der Waals surface area contributed by atoms with Crippen molar-refractivity contribution in [2.24, 2.45) is 11.8 Å². The highest BCUT2D eigenvalue weighted by atomic mass is 16.3. The molecule has 0 fully saturated rings. The van der Waals surface area contributed by atoms with Gasteiger partial charge in [-0.25, -0.2) is 0 Å². The molecule has 1 aromatic rings. The largest absolute Gasteiger partial charge is 0.472 e. The number of nitrogens with two attached hydrogens (primary N) is 1. The molecule has 0 aliphatic rings. The number of hydrogen-bond donors (Lipinski definition) is 2. The molecule has 1 heterocycles. The van der Waals surface area contributed by atoms with Gasteiger partial charge in [0.15, 0.2) is 0 Å². The highest BCUT2D eigenvalue weighted by Gasteiger charge is 2.10. The maximum atomic E-state index is 5.46. The predicted molar refractivity (Wildman–Crippen MR) is 53.0 cm³/mol. The van der Waals surface area contributed by atoms with E-state index < -0.39 is 0 Å². The first-order valence-corrected chi connectivity index (χ1v) is 4.69. The van der Waals surface area contributed by atoms with Gasteiger partial charge in [-0.2, -0.15) is 0 Å². The van der Waals surface area contributed by atoms with Crippen molar-refractivity contribution in [1.82, 2.24) is 5.43 Å². The van der Waals surface area contributed by atoms with Crippen LogP contribution in [0, 0.1) is 5.92 Å². The highest BCUT2D eigenvalue weighted by molar-refractivity contribution is 5.07. The van der Waals surface area contributed by atoms with E-state index in [-0.39, 0.29) is 0 Å². The van der Waals surface area contributed by atoms with Gasteiger partial charge in [0, 0.05) is 6.04 Å². The molecule has 0 spiro atoms. The van der Waals surface area contributed by atoms with Crippen LogP contribution in [0.2, 0.25) is 0 Å². The molecule has 0 aromatic carbocycles. The van der Waals surface area contributed by atoms with Crippen molar-refractivity contribution in [3.63, 3.8) is 0 Å². The zero-order valence-corrected chi connectivity index (χ0v) is 8.29. The van der Waals surface area contributed by atoms with Crippen LogP contribution in [-0.2, 0) is 6.42 Å². The Morgan fingerprint density at radius 2 is 2.31 bits per heavy atom. The Bertz CT molecular complexity index is 219. The second-order valence-electron chi connectivity index (χ2n) is 3.83. The van der Waals surface area contributed by atoms with Gasteiger partial charge in [-0.15, -0.1) is 0 Å². The Morgan fingerprint density at radius 1 is 1.54 bits per heavy atom. The van der Waals surface area contributed by atoms with Crippen molar-refractivity contribution in [1.29, 1.82) is 0 Å². The molecule has 0 bridgehead atoms. The second-order valence-corrected chi connectivity index (χ2v) is 3.83. The van der Waals surface area contributed by atoms with Crippen molar-refractivity contribution in [3.8, 4) is 0 Å². The van der Waals surface area contributed by atoms with Gasteiger partial charge in [-0.05, 0) is 30.4 Å². The van der Waals surface area contributed by atoms with E-state index in [9.17, 15) is 0 Å². The molecule has 13 heavy (non-hydrogen) atoms. The van der Waals surface area contributed by atoms with Gasteiger partial charge in [-0.3, -0.25) is 11.3 Å². The monoisotopic (exact) mass is 182 g/mol.